The molecule has 2 aromatic carbocycles. The molecule has 0 spiro atoms. The predicted molar refractivity (Wildman–Crippen MR) is 120 cm³/mol. The lowest BCUT2D eigenvalue weighted by Gasteiger charge is -2.21. The Kier molecular flexibility index (Phi) is 6.73. The second kappa shape index (κ2) is 10.0. The van der Waals surface area contributed by atoms with Gasteiger partial charge >= 0.3 is 11.9 Å². The average Bonchev–Trinajstić information content (AvgIpc) is 3.54. The molecule has 33 heavy (non-hydrogen) atoms. The summed E-state index contributed by atoms with van der Waals surface area (Å²) in [7, 11) is 1.61. The fraction of sp³-hybridized carbons (Fsp3) is 0.240. The number of amides is 1. The maximum atomic E-state index is 13.2. The summed E-state index contributed by atoms with van der Waals surface area (Å²) in [5.41, 5.74) is 2.48. The Balaban J connectivity index is 1.61. The lowest BCUT2D eigenvalue weighted by atomic mass is 9.98. The molecule has 0 radical (unpaired) electrons. The van der Waals surface area contributed by atoms with Gasteiger partial charge in [0.25, 0.3) is 0 Å². The number of carbonyl (C=O) groups excluding carboxylic acids is 2. The second-order valence-electron chi connectivity index (χ2n) is 7.29. The number of carbonyl (C=O) groups is 2. The topological polar surface area (TPSA) is 90.6 Å². The second-order valence-corrected chi connectivity index (χ2v) is 7.29. The maximum Gasteiger partial charge on any atom is 0.344 e. The number of ether oxygens (including phenoxy) is 3. The third kappa shape index (κ3) is 5.06. The van der Waals surface area contributed by atoms with E-state index < -0.39 is 5.97 Å². The standard InChI is InChI=1S/C25H24N2O6/c1-3-31-24(28)16-33-20-7-4-6-18(14-20)22-15-21(17-9-11-19(30-2)12-10-17)26-27(22)25(29)23-8-5-13-32-23/h4-14,22H,3,15-16H2,1-2H3. The summed E-state index contributed by atoms with van der Waals surface area (Å²) in [6.07, 6.45) is 1.95. The number of benzene rings is 2. The largest absolute Gasteiger partial charge is 0.497 e. The molecule has 1 aliphatic rings. The van der Waals surface area contributed by atoms with Crippen LogP contribution in [0.1, 0.15) is 41.1 Å². The minimum atomic E-state index is -0.441. The quantitative estimate of drug-likeness (QED) is 0.479. The van der Waals surface area contributed by atoms with E-state index in [-0.39, 0.29) is 24.3 Å². The van der Waals surface area contributed by atoms with E-state index in [1.807, 2.05) is 36.4 Å². The van der Waals surface area contributed by atoms with Crippen LogP contribution < -0.4 is 9.47 Å². The van der Waals surface area contributed by atoms with Gasteiger partial charge in [0.15, 0.2) is 12.4 Å². The van der Waals surface area contributed by atoms with Crippen molar-refractivity contribution in [2.24, 2.45) is 5.10 Å². The van der Waals surface area contributed by atoms with Crippen LogP contribution in [0.4, 0.5) is 0 Å². The van der Waals surface area contributed by atoms with E-state index in [1.165, 1.54) is 11.3 Å². The fourth-order valence-electron chi connectivity index (χ4n) is 3.58. The average molecular weight is 448 g/mol. The predicted octanol–water partition coefficient (Wildman–Crippen LogP) is 4.22. The smallest absolute Gasteiger partial charge is 0.344 e. The van der Waals surface area contributed by atoms with E-state index in [2.05, 4.69) is 5.10 Å². The Labute approximate surface area is 191 Å². The van der Waals surface area contributed by atoms with Crippen molar-refractivity contribution in [3.63, 3.8) is 0 Å². The Bertz CT molecular complexity index is 1140. The third-order valence-electron chi connectivity index (χ3n) is 5.18. The molecule has 0 N–H and O–H groups in total. The zero-order chi connectivity index (χ0) is 23.2. The number of methoxy groups -OCH3 is 1. The Morgan fingerprint density at radius 1 is 1.09 bits per heavy atom. The summed E-state index contributed by atoms with van der Waals surface area (Å²) in [4.78, 5) is 24.8. The van der Waals surface area contributed by atoms with Gasteiger partial charge in [-0.1, -0.05) is 12.1 Å². The first kappa shape index (κ1) is 22.1. The van der Waals surface area contributed by atoms with Crippen molar-refractivity contribution in [3.05, 3.63) is 83.8 Å². The van der Waals surface area contributed by atoms with E-state index in [1.54, 1.807) is 38.3 Å². The summed E-state index contributed by atoms with van der Waals surface area (Å²) >= 11 is 0. The summed E-state index contributed by atoms with van der Waals surface area (Å²) in [6.45, 7) is 1.84. The number of furan rings is 1. The van der Waals surface area contributed by atoms with Gasteiger partial charge in [0, 0.05) is 6.42 Å². The van der Waals surface area contributed by atoms with Crippen molar-refractivity contribution >= 4 is 17.6 Å². The molecule has 4 rings (SSSR count). The summed E-state index contributed by atoms with van der Waals surface area (Å²) in [5, 5.41) is 6.07. The normalized spacial score (nSPS) is 15.2. The Hall–Kier alpha value is -4.07. The van der Waals surface area contributed by atoms with Gasteiger partial charge in [0.1, 0.15) is 11.5 Å². The zero-order valence-corrected chi connectivity index (χ0v) is 18.4. The van der Waals surface area contributed by atoms with Crippen LogP contribution in [0.15, 0.2) is 76.4 Å². The first-order chi connectivity index (χ1) is 16.1. The molecule has 1 aliphatic heterocycles. The molecule has 0 bridgehead atoms. The van der Waals surface area contributed by atoms with E-state index >= 15 is 0 Å². The van der Waals surface area contributed by atoms with Crippen molar-refractivity contribution < 1.29 is 28.2 Å². The van der Waals surface area contributed by atoms with Gasteiger partial charge in [-0.15, -0.1) is 0 Å². The van der Waals surface area contributed by atoms with Crippen LogP contribution in [0.3, 0.4) is 0 Å². The summed E-state index contributed by atoms with van der Waals surface area (Å²) < 4.78 is 21.0. The molecule has 1 atom stereocenters. The molecule has 1 unspecified atom stereocenters. The van der Waals surface area contributed by atoms with E-state index in [9.17, 15) is 9.59 Å². The monoisotopic (exact) mass is 448 g/mol. The molecule has 8 nitrogen and oxygen atoms in total. The van der Waals surface area contributed by atoms with Crippen LogP contribution in [0.25, 0.3) is 0 Å². The van der Waals surface area contributed by atoms with Gasteiger partial charge in [-0.2, -0.15) is 5.10 Å². The molecule has 0 saturated heterocycles. The fourth-order valence-corrected chi connectivity index (χ4v) is 3.58. The highest BCUT2D eigenvalue weighted by Crippen LogP contribution is 2.35. The highest BCUT2D eigenvalue weighted by Gasteiger charge is 2.35. The highest BCUT2D eigenvalue weighted by molar-refractivity contribution is 6.04. The molecule has 8 heteroatoms. The van der Waals surface area contributed by atoms with Crippen LogP contribution in [0.5, 0.6) is 11.5 Å². The first-order valence-corrected chi connectivity index (χ1v) is 10.6. The van der Waals surface area contributed by atoms with Crippen molar-refractivity contribution in [2.75, 3.05) is 20.3 Å². The lowest BCUT2D eigenvalue weighted by molar-refractivity contribution is -0.145. The summed E-state index contributed by atoms with van der Waals surface area (Å²) in [5.74, 6) is 0.664. The SMILES string of the molecule is CCOC(=O)COc1cccc(C2CC(c3ccc(OC)cc3)=NN2C(=O)c2ccco2)c1. The molecular formula is C25H24N2O6. The molecular weight excluding hydrogens is 424 g/mol. The lowest BCUT2D eigenvalue weighted by Crippen LogP contribution is -2.26. The number of hydrogen-bond acceptors (Lipinski definition) is 7. The van der Waals surface area contributed by atoms with E-state index in [4.69, 9.17) is 18.6 Å². The van der Waals surface area contributed by atoms with Gasteiger partial charge in [0.05, 0.1) is 31.7 Å². The van der Waals surface area contributed by atoms with Crippen LogP contribution in [0, 0.1) is 0 Å². The number of esters is 1. The van der Waals surface area contributed by atoms with Crippen LogP contribution >= 0.6 is 0 Å². The maximum absolute atomic E-state index is 13.2. The number of nitrogens with zero attached hydrogens (tertiary/aromatic N) is 2. The van der Waals surface area contributed by atoms with Crippen LogP contribution in [0.2, 0.25) is 0 Å². The van der Waals surface area contributed by atoms with Crippen molar-refractivity contribution in [2.45, 2.75) is 19.4 Å². The molecule has 2 heterocycles. The van der Waals surface area contributed by atoms with Gasteiger partial charge < -0.3 is 18.6 Å². The zero-order valence-electron chi connectivity index (χ0n) is 18.4. The van der Waals surface area contributed by atoms with Gasteiger partial charge in [0.2, 0.25) is 0 Å². The van der Waals surface area contributed by atoms with Crippen LogP contribution in [-0.4, -0.2) is 42.9 Å². The first-order valence-electron chi connectivity index (χ1n) is 10.6. The van der Waals surface area contributed by atoms with Crippen molar-refractivity contribution in [1.29, 1.82) is 0 Å². The Morgan fingerprint density at radius 3 is 2.61 bits per heavy atom. The van der Waals surface area contributed by atoms with Gasteiger partial charge in [-0.3, -0.25) is 4.79 Å². The van der Waals surface area contributed by atoms with Gasteiger partial charge in [-0.25, -0.2) is 9.80 Å². The molecule has 1 aromatic heterocycles. The van der Waals surface area contributed by atoms with Gasteiger partial charge in [-0.05, 0) is 66.6 Å². The van der Waals surface area contributed by atoms with Crippen LogP contribution in [-0.2, 0) is 9.53 Å². The number of hydrogen-bond donors (Lipinski definition) is 0. The molecule has 0 fully saturated rings. The minimum absolute atomic E-state index is 0.190. The third-order valence-corrected chi connectivity index (χ3v) is 5.18. The molecule has 170 valence electrons. The molecule has 3 aromatic rings. The highest BCUT2D eigenvalue weighted by atomic mass is 16.6. The summed E-state index contributed by atoms with van der Waals surface area (Å²) in [6, 6.07) is 17.7. The molecule has 0 aliphatic carbocycles. The number of hydrazone groups is 1. The van der Waals surface area contributed by atoms with E-state index in [0.29, 0.717) is 18.8 Å². The molecule has 1 amide bonds. The van der Waals surface area contributed by atoms with E-state index in [0.717, 1.165) is 22.6 Å². The number of rotatable bonds is 8. The minimum Gasteiger partial charge on any atom is -0.497 e. The molecule has 0 saturated carbocycles. The Morgan fingerprint density at radius 2 is 1.91 bits per heavy atom. The van der Waals surface area contributed by atoms with Crippen molar-refractivity contribution in [1.82, 2.24) is 5.01 Å². The van der Waals surface area contributed by atoms with Crippen molar-refractivity contribution in [3.8, 4) is 11.5 Å².